The highest BCUT2D eigenvalue weighted by molar-refractivity contribution is 6.15. The van der Waals surface area contributed by atoms with Gasteiger partial charge in [0.05, 0.1) is 55.3 Å². The van der Waals surface area contributed by atoms with Crippen LogP contribution in [0.25, 0.3) is 0 Å². The molecular formula is C42H40O9. The summed E-state index contributed by atoms with van der Waals surface area (Å²) in [6, 6.07) is 26.8. The van der Waals surface area contributed by atoms with Gasteiger partial charge in [-0.05, 0) is 64.7 Å². The van der Waals surface area contributed by atoms with E-state index in [1.807, 2.05) is 60.7 Å². The van der Waals surface area contributed by atoms with Crippen LogP contribution in [-0.2, 0) is 0 Å². The molecule has 1 N–H and O–H groups in total. The Hall–Kier alpha value is -5.83. The van der Waals surface area contributed by atoms with Crippen molar-refractivity contribution in [2.75, 3.05) is 49.8 Å². The largest absolute Gasteiger partial charge is 0.507 e. The Morgan fingerprint density at radius 2 is 0.941 bits per heavy atom. The number of hydrogen-bond acceptors (Lipinski definition) is 9. The van der Waals surface area contributed by atoms with Crippen molar-refractivity contribution in [3.05, 3.63) is 129 Å². The molecule has 9 heteroatoms. The third-order valence-electron chi connectivity index (χ3n) is 10.4. The van der Waals surface area contributed by atoms with Crippen molar-refractivity contribution in [1.82, 2.24) is 0 Å². The van der Waals surface area contributed by atoms with Crippen LogP contribution in [0.2, 0.25) is 0 Å². The average Bonchev–Trinajstić information content (AvgIpc) is 3.47. The molecule has 2 aliphatic carbocycles. The van der Waals surface area contributed by atoms with E-state index in [1.54, 1.807) is 61.9 Å². The van der Waals surface area contributed by atoms with Crippen LogP contribution in [-0.4, -0.2) is 60.7 Å². The molecule has 2 aliphatic rings. The molecule has 51 heavy (non-hydrogen) atoms. The van der Waals surface area contributed by atoms with Gasteiger partial charge in [0.1, 0.15) is 46.0 Å². The first-order valence-corrected chi connectivity index (χ1v) is 16.6. The molecule has 0 amide bonds. The summed E-state index contributed by atoms with van der Waals surface area (Å²) in [5.41, 5.74) is 5.64. The number of carbonyl (C=O) groups excluding carboxylic acids is 1. The van der Waals surface area contributed by atoms with E-state index < -0.39 is 11.8 Å². The summed E-state index contributed by atoms with van der Waals surface area (Å²) in [4.78, 5) is 15.1. The maximum atomic E-state index is 15.1. The zero-order valence-corrected chi connectivity index (χ0v) is 29.6. The van der Waals surface area contributed by atoms with Gasteiger partial charge in [0, 0.05) is 58.6 Å². The van der Waals surface area contributed by atoms with Crippen LogP contribution in [0.4, 0.5) is 0 Å². The summed E-state index contributed by atoms with van der Waals surface area (Å²) < 4.78 is 40.5. The highest BCUT2D eigenvalue weighted by Gasteiger charge is 2.53. The summed E-state index contributed by atoms with van der Waals surface area (Å²) in [5.74, 6) is 2.02. The number of aromatic hydroxyl groups is 1. The minimum atomic E-state index is -0.452. The minimum absolute atomic E-state index is 0.166. The van der Waals surface area contributed by atoms with Crippen LogP contribution in [0.3, 0.4) is 0 Å². The summed E-state index contributed by atoms with van der Waals surface area (Å²) >= 11 is 0. The van der Waals surface area contributed by atoms with E-state index in [9.17, 15) is 5.11 Å². The van der Waals surface area contributed by atoms with Gasteiger partial charge in [-0.15, -0.1) is 0 Å². The fourth-order valence-corrected chi connectivity index (χ4v) is 8.20. The normalized spacial score (nSPS) is 18.6. The Labute approximate surface area is 297 Å². The summed E-state index contributed by atoms with van der Waals surface area (Å²) in [6.45, 7) is 0. The van der Waals surface area contributed by atoms with Crippen LogP contribution in [0, 0.1) is 0 Å². The van der Waals surface area contributed by atoms with Gasteiger partial charge >= 0.3 is 0 Å². The Kier molecular flexibility index (Phi) is 8.89. The number of methoxy groups -OCH3 is 7. The number of rotatable bonds is 10. The molecule has 0 saturated carbocycles. The predicted octanol–water partition coefficient (Wildman–Crippen LogP) is 7.84. The highest BCUT2D eigenvalue weighted by Crippen LogP contribution is 2.67. The maximum Gasteiger partial charge on any atom is 0.197 e. The molecule has 7 rings (SSSR count). The van der Waals surface area contributed by atoms with Crippen molar-refractivity contribution in [3.63, 3.8) is 0 Å². The van der Waals surface area contributed by atoms with E-state index in [0.29, 0.717) is 56.9 Å². The molecule has 0 fully saturated rings. The van der Waals surface area contributed by atoms with Crippen LogP contribution in [0.15, 0.2) is 84.9 Å². The number of benzene rings is 5. The van der Waals surface area contributed by atoms with Crippen molar-refractivity contribution >= 4 is 5.78 Å². The zero-order valence-electron chi connectivity index (χ0n) is 29.6. The van der Waals surface area contributed by atoms with Crippen molar-refractivity contribution in [2.24, 2.45) is 0 Å². The van der Waals surface area contributed by atoms with Crippen molar-refractivity contribution < 1.29 is 43.1 Å². The van der Waals surface area contributed by atoms with E-state index in [0.717, 1.165) is 22.3 Å². The lowest BCUT2D eigenvalue weighted by molar-refractivity contribution is 0.103. The van der Waals surface area contributed by atoms with Crippen LogP contribution in [0.1, 0.15) is 73.0 Å². The summed E-state index contributed by atoms with van der Waals surface area (Å²) in [7, 11) is 11.2. The Bertz CT molecular complexity index is 2080. The molecule has 0 heterocycles. The van der Waals surface area contributed by atoms with Gasteiger partial charge in [-0.25, -0.2) is 0 Å². The molecule has 5 aromatic rings. The van der Waals surface area contributed by atoms with E-state index >= 15 is 4.79 Å². The number of phenols is 1. The quantitative estimate of drug-likeness (QED) is 0.157. The van der Waals surface area contributed by atoms with Crippen molar-refractivity contribution in [1.29, 1.82) is 0 Å². The molecule has 0 bridgehead atoms. The fourth-order valence-electron chi connectivity index (χ4n) is 8.20. The molecule has 0 radical (unpaired) electrons. The van der Waals surface area contributed by atoms with E-state index in [-0.39, 0.29) is 28.9 Å². The number of carbonyl (C=O) groups is 1. The molecule has 0 spiro atoms. The van der Waals surface area contributed by atoms with E-state index in [1.165, 1.54) is 0 Å². The monoisotopic (exact) mass is 688 g/mol. The van der Waals surface area contributed by atoms with Gasteiger partial charge < -0.3 is 38.3 Å². The van der Waals surface area contributed by atoms with Crippen molar-refractivity contribution in [2.45, 2.75) is 23.7 Å². The van der Waals surface area contributed by atoms with Crippen LogP contribution in [0.5, 0.6) is 46.0 Å². The highest BCUT2D eigenvalue weighted by atomic mass is 16.5. The molecule has 4 atom stereocenters. The standard InChI is InChI=1S/C42H40O9/c1-45-25-12-8-22(9-13-25)34-36(24-16-27(47-3)18-28(17-24)48-4)39-33(51-7)21-31(43)38-41(39)40(34)35(23-10-14-26(46-2)15-11-23)37-30(42(38)44)19-29(49-5)20-32(37)50-6/h8-21,34-36,40,43H,1-7H3/t34-,35-,36-,40+/m0/s1. The summed E-state index contributed by atoms with van der Waals surface area (Å²) in [6.07, 6.45) is 0. The molecular weight excluding hydrogens is 648 g/mol. The van der Waals surface area contributed by atoms with Gasteiger partial charge in [-0.1, -0.05) is 24.3 Å². The number of fused-ring (bicyclic) bond motifs is 1. The first-order chi connectivity index (χ1) is 24.8. The second-order valence-electron chi connectivity index (χ2n) is 12.6. The van der Waals surface area contributed by atoms with Crippen molar-refractivity contribution in [3.8, 4) is 46.0 Å². The first kappa shape index (κ1) is 33.7. The lowest BCUT2D eigenvalue weighted by atomic mass is 9.69. The second kappa shape index (κ2) is 13.5. The molecule has 0 saturated heterocycles. The number of hydrogen-bond donors (Lipinski definition) is 1. The zero-order chi connectivity index (χ0) is 36.0. The molecule has 9 nitrogen and oxygen atoms in total. The summed E-state index contributed by atoms with van der Waals surface area (Å²) in [5, 5.41) is 11.8. The third-order valence-corrected chi connectivity index (χ3v) is 10.4. The van der Waals surface area contributed by atoms with Gasteiger partial charge in [-0.3, -0.25) is 4.79 Å². The number of ether oxygens (including phenoxy) is 7. The van der Waals surface area contributed by atoms with Gasteiger partial charge in [0.2, 0.25) is 0 Å². The number of phenolic OH excluding ortho intramolecular Hbond substituents is 1. The topological polar surface area (TPSA) is 102 Å². The Morgan fingerprint density at radius 3 is 1.47 bits per heavy atom. The minimum Gasteiger partial charge on any atom is -0.507 e. The SMILES string of the molecule is COc1ccc([C@H]2c3c(OC)cc(OC)cc3C(=O)c3c(O)cc(OC)c4c3[C@@H]2[C@@H](c2ccc(OC)cc2)[C@@H]4c2cc(OC)cc(OC)c2)cc1. The molecule has 262 valence electrons. The Balaban J connectivity index is 1.66. The third kappa shape index (κ3) is 5.44. The average molecular weight is 689 g/mol. The lowest BCUT2D eigenvalue weighted by Gasteiger charge is -2.34. The molecule has 0 aromatic heterocycles. The fraction of sp³-hybridized carbons (Fsp3) is 0.262. The van der Waals surface area contributed by atoms with E-state index in [4.69, 9.17) is 33.2 Å². The lowest BCUT2D eigenvalue weighted by Crippen LogP contribution is -2.20. The molecule has 5 aromatic carbocycles. The Morgan fingerprint density at radius 1 is 0.451 bits per heavy atom. The maximum absolute atomic E-state index is 15.1. The van der Waals surface area contributed by atoms with E-state index in [2.05, 4.69) is 12.1 Å². The van der Waals surface area contributed by atoms with Gasteiger partial charge in [0.25, 0.3) is 0 Å². The van der Waals surface area contributed by atoms with Gasteiger partial charge in [-0.2, -0.15) is 0 Å². The first-order valence-electron chi connectivity index (χ1n) is 16.6. The smallest absolute Gasteiger partial charge is 0.197 e. The van der Waals surface area contributed by atoms with Crippen LogP contribution < -0.4 is 33.2 Å². The second-order valence-corrected chi connectivity index (χ2v) is 12.6. The molecule has 0 unspecified atom stereocenters. The number of ketones is 1. The molecule has 0 aliphatic heterocycles. The van der Waals surface area contributed by atoms with Crippen LogP contribution >= 0.6 is 0 Å². The predicted molar refractivity (Wildman–Crippen MR) is 192 cm³/mol. The van der Waals surface area contributed by atoms with Gasteiger partial charge in [0.15, 0.2) is 5.78 Å².